The molecule has 1 fully saturated rings. The van der Waals surface area contributed by atoms with E-state index in [0.29, 0.717) is 11.9 Å². The summed E-state index contributed by atoms with van der Waals surface area (Å²) in [5.74, 6) is 6.05. The lowest BCUT2D eigenvalue weighted by molar-refractivity contribution is 0.473. The number of nitrogens with two attached hydrogens (primary N) is 1. The third kappa shape index (κ3) is 3.51. The molecule has 1 aromatic rings. The van der Waals surface area contributed by atoms with Gasteiger partial charge in [-0.3, -0.25) is 0 Å². The van der Waals surface area contributed by atoms with Gasteiger partial charge in [-0.1, -0.05) is 0 Å². The smallest absolute Gasteiger partial charge is 0.141 e. The van der Waals surface area contributed by atoms with Crippen LogP contribution in [0.15, 0.2) is 18.3 Å². The molecular weight excluding hydrogens is 232 g/mol. The highest BCUT2D eigenvalue weighted by Gasteiger charge is 2.20. The van der Waals surface area contributed by atoms with E-state index in [1.165, 1.54) is 25.7 Å². The van der Waals surface area contributed by atoms with Crippen LogP contribution in [0.4, 0.5) is 11.5 Å². The topological polar surface area (TPSA) is 63.0 Å². The molecule has 1 saturated carbocycles. The second-order valence-electron chi connectivity index (χ2n) is 4.43. The zero-order valence-electron chi connectivity index (χ0n) is 10.1. The Morgan fingerprint density at radius 1 is 1.35 bits per heavy atom. The molecule has 1 aliphatic carbocycles. The van der Waals surface area contributed by atoms with Gasteiger partial charge in [0.15, 0.2) is 0 Å². The van der Waals surface area contributed by atoms with Crippen LogP contribution in [0.5, 0.6) is 0 Å². The average Bonchev–Trinajstić information content (AvgIpc) is 2.40. The first kappa shape index (κ1) is 12.5. The van der Waals surface area contributed by atoms with Gasteiger partial charge in [0.25, 0.3) is 0 Å². The number of nitrogens with one attached hydrogen (secondary N) is 2. The van der Waals surface area contributed by atoms with E-state index in [9.17, 15) is 0 Å². The Morgan fingerprint density at radius 3 is 2.76 bits per heavy atom. The first-order valence-corrected chi connectivity index (χ1v) is 7.32. The summed E-state index contributed by atoms with van der Waals surface area (Å²) in [6, 6.07) is 4.52. The highest BCUT2D eigenvalue weighted by molar-refractivity contribution is 7.99. The minimum Gasteiger partial charge on any atom is -0.382 e. The number of nitrogens with zero attached hydrogens (tertiary/aromatic N) is 1. The lowest BCUT2D eigenvalue weighted by Crippen LogP contribution is -2.27. The van der Waals surface area contributed by atoms with Crippen LogP contribution in [-0.2, 0) is 0 Å². The fraction of sp³-hybridized carbons (Fsp3) is 0.583. The summed E-state index contributed by atoms with van der Waals surface area (Å²) in [7, 11) is 0. The summed E-state index contributed by atoms with van der Waals surface area (Å²) < 4.78 is 0. The largest absolute Gasteiger partial charge is 0.382 e. The van der Waals surface area contributed by atoms with Gasteiger partial charge in [0, 0.05) is 29.2 Å². The third-order valence-electron chi connectivity index (χ3n) is 3.29. The fourth-order valence-corrected chi connectivity index (χ4v) is 3.02. The van der Waals surface area contributed by atoms with Crippen molar-refractivity contribution < 1.29 is 0 Å². The highest BCUT2D eigenvalue weighted by atomic mass is 32.2. The van der Waals surface area contributed by atoms with Crippen molar-refractivity contribution in [3.8, 4) is 0 Å². The lowest BCUT2D eigenvalue weighted by atomic mass is 9.95. The van der Waals surface area contributed by atoms with Gasteiger partial charge in [-0.15, -0.1) is 0 Å². The van der Waals surface area contributed by atoms with Crippen molar-refractivity contribution in [2.24, 2.45) is 5.84 Å². The molecule has 0 bridgehead atoms. The minimum absolute atomic E-state index is 0.589. The average molecular weight is 252 g/mol. The number of nitrogen functional groups attached to an aromatic ring is 1. The van der Waals surface area contributed by atoms with E-state index >= 15 is 0 Å². The van der Waals surface area contributed by atoms with Gasteiger partial charge < -0.3 is 10.7 Å². The summed E-state index contributed by atoms with van der Waals surface area (Å²) >= 11 is 2.00. The van der Waals surface area contributed by atoms with E-state index in [1.54, 1.807) is 6.20 Å². The predicted octanol–water partition coefficient (Wildman–Crippen LogP) is 2.45. The number of pyridine rings is 1. The molecule has 1 aromatic heterocycles. The van der Waals surface area contributed by atoms with Crippen molar-refractivity contribution in [1.82, 2.24) is 4.98 Å². The molecule has 0 amide bonds. The van der Waals surface area contributed by atoms with Crippen molar-refractivity contribution in [1.29, 1.82) is 0 Å². The number of hydrazine groups is 1. The molecule has 4 nitrogen and oxygen atoms in total. The molecule has 4 N–H and O–H groups in total. The van der Waals surface area contributed by atoms with Crippen LogP contribution in [0.1, 0.15) is 25.7 Å². The van der Waals surface area contributed by atoms with E-state index < -0.39 is 0 Å². The van der Waals surface area contributed by atoms with Crippen molar-refractivity contribution in [2.75, 3.05) is 17.0 Å². The number of thioether (sulfide) groups is 1. The molecule has 5 heteroatoms. The third-order valence-corrected chi connectivity index (χ3v) is 4.42. The Morgan fingerprint density at radius 2 is 2.12 bits per heavy atom. The van der Waals surface area contributed by atoms with Crippen LogP contribution in [0, 0.1) is 0 Å². The Kier molecular flexibility index (Phi) is 4.50. The van der Waals surface area contributed by atoms with Gasteiger partial charge in [0.1, 0.15) is 5.82 Å². The van der Waals surface area contributed by atoms with Gasteiger partial charge in [-0.2, -0.15) is 11.8 Å². The molecule has 2 rings (SSSR count). The van der Waals surface area contributed by atoms with Gasteiger partial charge in [-0.25, -0.2) is 10.8 Å². The number of hydrogen-bond donors (Lipinski definition) is 3. The number of anilines is 2. The molecule has 0 radical (unpaired) electrons. The van der Waals surface area contributed by atoms with Gasteiger partial charge >= 0.3 is 0 Å². The van der Waals surface area contributed by atoms with Gasteiger partial charge in [0.05, 0.1) is 0 Å². The van der Waals surface area contributed by atoms with Gasteiger partial charge in [0.2, 0.25) is 0 Å². The fourth-order valence-electron chi connectivity index (χ4n) is 2.28. The van der Waals surface area contributed by atoms with E-state index in [0.717, 1.165) is 10.9 Å². The molecule has 0 aliphatic heterocycles. The molecule has 1 aliphatic rings. The number of rotatable bonds is 4. The zero-order chi connectivity index (χ0) is 12.1. The van der Waals surface area contributed by atoms with E-state index in [1.807, 2.05) is 23.9 Å². The van der Waals surface area contributed by atoms with Crippen LogP contribution < -0.4 is 16.6 Å². The molecule has 0 atom stereocenters. The van der Waals surface area contributed by atoms with E-state index in [4.69, 9.17) is 5.84 Å². The standard InChI is InChI=1S/C12H20N4S/c1-17-11-4-2-9(3-5-11)15-10-6-7-14-12(8-10)16-13/h6-9,11H,2-5,13H2,1H3,(H2,14,15,16). The molecule has 1 heterocycles. The Hall–Kier alpha value is -0.940. The summed E-state index contributed by atoms with van der Waals surface area (Å²) in [6.45, 7) is 0. The zero-order valence-corrected chi connectivity index (χ0v) is 11.0. The monoisotopic (exact) mass is 252 g/mol. The molecule has 0 spiro atoms. The SMILES string of the molecule is CSC1CCC(Nc2ccnc(NN)c2)CC1. The van der Waals surface area contributed by atoms with Crippen LogP contribution in [0.2, 0.25) is 0 Å². The second-order valence-corrected chi connectivity index (χ2v) is 5.57. The summed E-state index contributed by atoms with van der Waals surface area (Å²) in [5.41, 5.74) is 3.66. The van der Waals surface area contributed by atoms with E-state index in [2.05, 4.69) is 22.0 Å². The second kappa shape index (κ2) is 6.12. The Bertz CT molecular complexity index is 350. The van der Waals surface area contributed by atoms with Crippen molar-refractivity contribution in [3.05, 3.63) is 18.3 Å². The maximum absolute atomic E-state index is 5.35. The Balaban J connectivity index is 1.88. The van der Waals surface area contributed by atoms with Crippen molar-refractivity contribution in [2.45, 2.75) is 37.0 Å². The van der Waals surface area contributed by atoms with E-state index in [-0.39, 0.29) is 0 Å². The van der Waals surface area contributed by atoms with Crippen LogP contribution >= 0.6 is 11.8 Å². The Labute approximate surface area is 107 Å². The van der Waals surface area contributed by atoms with Crippen LogP contribution in [-0.4, -0.2) is 22.5 Å². The molecule has 0 saturated heterocycles. The first-order chi connectivity index (χ1) is 8.31. The molecule has 0 unspecified atom stereocenters. The molecule has 17 heavy (non-hydrogen) atoms. The highest BCUT2D eigenvalue weighted by Crippen LogP contribution is 2.28. The maximum Gasteiger partial charge on any atom is 0.141 e. The molecule has 0 aromatic carbocycles. The quantitative estimate of drug-likeness (QED) is 0.567. The maximum atomic E-state index is 5.35. The lowest BCUT2D eigenvalue weighted by Gasteiger charge is -2.28. The first-order valence-electron chi connectivity index (χ1n) is 6.04. The predicted molar refractivity (Wildman–Crippen MR) is 75.2 cm³/mol. The molecular formula is C12H20N4S. The summed E-state index contributed by atoms with van der Waals surface area (Å²) in [5, 5.41) is 4.41. The van der Waals surface area contributed by atoms with Crippen molar-refractivity contribution >= 4 is 23.3 Å². The van der Waals surface area contributed by atoms with Crippen LogP contribution in [0.25, 0.3) is 0 Å². The molecule has 94 valence electrons. The number of aromatic nitrogens is 1. The van der Waals surface area contributed by atoms with Gasteiger partial charge in [-0.05, 0) is 38.0 Å². The normalized spacial score (nSPS) is 24.4. The number of hydrogen-bond acceptors (Lipinski definition) is 5. The minimum atomic E-state index is 0.589. The van der Waals surface area contributed by atoms with Crippen molar-refractivity contribution in [3.63, 3.8) is 0 Å². The summed E-state index contributed by atoms with van der Waals surface area (Å²) in [4.78, 5) is 4.10. The van der Waals surface area contributed by atoms with Crippen LogP contribution in [0.3, 0.4) is 0 Å². The summed E-state index contributed by atoms with van der Waals surface area (Å²) in [6.07, 6.45) is 9.10.